The van der Waals surface area contributed by atoms with Crippen LogP contribution in [0.15, 0.2) is 58.6 Å². The Kier molecular flexibility index (Phi) is 5.49. The van der Waals surface area contributed by atoms with Gasteiger partial charge in [-0.1, -0.05) is 18.2 Å². The molecule has 0 aliphatic carbocycles. The number of sulfone groups is 1. The second-order valence-electron chi connectivity index (χ2n) is 8.42. The number of fused-ring (bicyclic) bond motifs is 1. The summed E-state index contributed by atoms with van der Waals surface area (Å²) in [6, 6.07) is 9.82. The molecule has 8 nitrogen and oxygen atoms in total. The topological polar surface area (TPSA) is 93.5 Å². The fourth-order valence-electron chi connectivity index (χ4n) is 3.62. The van der Waals surface area contributed by atoms with E-state index in [9.17, 15) is 13.2 Å². The number of hydrogen-bond donors (Lipinski definition) is 1. The highest BCUT2D eigenvalue weighted by Crippen LogP contribution is 2.31. The summed E-state index contributed by atoms with van der Waals surface area (Å²) in [6.45, 7) is 8.22. The smallest absolute Gasteiger partial charge is 0.340 e. The predicted molar refractivity (Wildman–Crippen MR) is 118 cm³/mol. The van der Waals surface area contributed by atoms with E-state index in [0.717, 1.165) is 13.1 Å². The molecule has 9 heteroatoms. The van der Waals surface area contributed by atoms with E-state index >= 15 is 0 Å². The van der Waals surface area contributed by atoms with E-state index in [1.54, 1.807) is 68.0 Å². The number of hydrogen-bond acceptors (Lipinski definition) is 7. The largest absolute Gasteiger partial charge is 0.456 e. The summed E-state index contributed by atoms with van der Waals surface area (Å²) >= 11 is 0. The molecular weight excluding hydrogens is 416 g/mol. The first-order chi connectivity index (χ1) is 14.7. The molecule has 1 saturated heterocycles. The quantitative estimate of drug-likeness (QED) is 0.620. The molecule has 0 amide bonds. The molecule has 0 saturated carbocycles. The Morgan fingerprint density at radius 2 is 1.77 bits per heavy atom. The van der Waals surface area contributed by atoms with Gasteiger partial charge in [-0.25, -0.2) is 13.2 Å². The number of pyridine rings is 1. The van der Waals surface area contributed by atoms with E-state index in [4.69, 9.17) is 4.74 Å². The second-order valence-corrected chi connectivity index (χ2v) is 10.3. The van der Waals surface area contributed by atoms with Gasteiger partial charge in [0.15, 0.2) is 0 Å². The molecule has 0 atom stereocenters. The van der Waals surface area contributed by atoms with E-state index in [1.807, 2.05) is 5.01 Å². The molecule has 4 rings (SSSR count). The summed E-state index contributed by atoms with van der Waals surface area (Å²) in [5, 5.41) is 5.30. The molecule has 1 N–H and O–H groups in total. The van der Waals surface area contributed by atoms with Crippen LogP contribution in [-0.2, 0) is 14.6 Å². The lowest BCUT2D eigenvalue weighted by atomic mass is 10.1. The molecule has 1 fully saturated rings. The molecule has 3 heterocycles. The number of esters is 1. The molecule has 1 aliphatic heterocycles. The Bertz CT molecular complexity index is 1210. The fourth-order valence-corrected chi connectivity index (χ4v) is 5.03. The minimum Gasteiger partial charge on any atom is -0.456 e. The molecular formula is C22H26N4O4S. The van der Waals surface area contributed by atoms with E-state index in [2.05, 4.69) is 10.3 Å². The maximum atomic E-state index is 13.5. The number of nitrogens with zero attached hydrogens (tertiary/aromatic N) is 3. The summed E-state index contributed by atoms with van der Waals surface area (Å²) in [7, 11) is -3.84. The van der Waals surface area contributed by atoms with E-state index in [0.29, 0.717) is 18.6 Å². The highest BCUT2D eigenvalue weighted by Gasteiger charge is 2.30. The predicted octanol–water partition coefficient (Wildman–Crippen LogP) is 2.37. The van der Waals surface area contributed by atoms with Gasteiger partial charge in [0.25, 0.3) is 0 Å². The van der Waals surface area contributed by atoms with Crippen LogP contribution in [0.4, 0.5) is 0 Å². The lowest BCUT2D eigenvalue weighted by Crippen LogP contribution is -2.49. The van der Waals surface area contributed by atoms with Crippen molar-refractivity contribution in [2.24, 2.45) is 0 Å². The highest BCUT2D eigenvalue weighted by atomic mass is 32.2. The van der Waals surface area contributed by atoms with Gasteiger partial charge in [0.1, 0.15) is 21.5 Å². The third-order valence-corrected chi connectivity index (χ3v) is 6.76. The van der Waals surface area contributed by atoms with Gasteiger partial charge < -0.3 is 15.1 Å². The van der Waals surface area contributed by atoms with Gasteiger partial charge >= 0.3 is 5.97 Å². The van der Waals surface area contributed by atoms with Gasteiger partial charge in [0, 0.05) is 38.6 Å². The van der Waals surface area contributed by atoms with Crippen molar-refractivity contribution in [2.45, 2.75) is 36.2 Å². The summed E-state index contributed by atoms with van der Waals surface area (Å²) in [5.41, 5.74) is 0.296. The maximum Gasteiger partial charge on any atom is 0.340 e. The van der Waals surface area contributed by atoms with Crippen molar-refractivity contribution in [3.05, 3.63) is 54.4 Å². The Hall–Kier alpha value is -2.91. The van der Waals surface area contributed by atoms with Crippen molar-refractivity contribution in [1.29, 1.82) is 0 Å². The molecule has 0 radical (unpaired) electrons. The lowest BCUT2D eigenvalue weighted by molar-refractivity contribution is 0.00712. The molecule has 3 aromatic rings. The van der Waals surface area contributed by atoms with E-state index < -0.39 is 21.4 Å². The van der Waals surface area contributed by atoms with Crippen LogP contribution in [0.1, 0.15) is 31.1 Å². The SMILES string of the molecule is CC(C)(C)OC(=O)c1ccnc2c(S(=O)(=O)c3ccccc3)cn(N3CCNCC3)c12. The Morgan fingerprint density at radius 1 is 1.10 bits per heavy atom. The highest BCUT2D eigenvalue weighted by molar-refractivity contribution is 7.91. The summed E-state index contributed by atoms with van der Waals surface area (Å²) in [4.78, 5) is 17.6. The van der Waals surface area contributed by atoms with Gasteiger partial charge in [-0.05, 0) is 39.0 Å². The maximum absolute atomic E-state index is 13.5. The summed E-state index contributed by atoms with van der Waals surface area (Å²) in [5.74, 6) is -0.516. The van der Waals surface area contributed by atoms with Crippen molar-refractivity contribution < 1.29 is 17.9 Å². The van der Waals surface area contributed by atoms with Crippen molar-refractivity contribution in [3.63, 3.8) is 0 Å². The van der Waals surface area contributed by atoms with Crippen LogP contribution < -0.4 is 10.3 Å². The second kappa shape index (κ2) is 7.97. The van der Waals surface area contributed by atoms with Crippen LogP contribution in [0.2, 0.25) is 0 Å². The number of piperazine rings is 1. The minimum atomic E-state index is -3.84. The third-order valence-electron chi connectivity index (χ3n) is 4.99. The monoisotopic (exact) mass is 442 g/mol. The Balaban J connectivity index is 1.95. The van der Waals surface area contributed by atoms with Crippen molar-refractivity contribution in [2.75, 3.05) is 31.2 Å². The van der Waals surface area contributed by atoms with Crippen molar-refractivity contribution >= 4 is 26.8 Å². The van der Waals surface area contributed by atoms with E-state index in [1.165, 1.54) is 6.20 Å². The number of nitrogens with one attached hydrogen (secondary N) is 1. The van der Waals surface area contributed by atoms with E-state index in [-0.39, 0.29) is 20.9 Å². The molecule has 2 aromatic heterocycles. The van der Waals surface area contributed by atoms with Crippen LogP contribution in [-0.4, -0.2) is 55.8 Å². The fraction of sp³-hybridized carbons (Fsp3) is 0.364. The standard InChI is InChI=1S/C22H26N4O4S/c1-22(2,3)30-21(27)17-9-10-24-19-18(31(28,29)16-7-5-4-6-8-16)15-26(20(17)19)25-13-11-23-12-14-25/h4-10,15,23H,11-14H2,1-3H3. The number of benzene rings is 1. The van der Waals surface area contributed by atoms with Gasteiger partial charge in [-0.15, -0.1) is 0 Å². The summed E-state index contributed by atoms with van der Waals surface area (Å²) < 4.78 is 34.2. The Labute approximate surface area is 181 Å². The average Bonchev–Trinajstić information content (AvgIpc) is 3.14. The van der Waals surface area contributed by atoms with Gasteiger partial charge in [-0.2, -0.15) is 0 Å². The van der Waals surface area contributed by atoms with Crippen molar-refractivity contribution in [3.8, 4) is 0 Å². The normalized spacial score (nSPS) is 15.3. The zero-order valence-corrected chi connectivity index (χ0v) is 18.6. The number of aromatic nitrogens is 2. The number of carbonyl (C=O) groups is 1. The third kappa shape index (κ3) is 4.15. The molecule has 1 aliphatic rings. The van der Waals surface area contributed by atoms with Gasteiger partial charge in [0.2, 0.25) is 9.84 Å². The number of rotatable bonds is 4. The molecule has 31 heavy (non-hydrogen) atoms. The lowest BCUT2D eigenvalue weighted by Gasteiger charge is -2.31. The first-order valence-corrected chi connectivity index (χ1v) is 11.7. The zero-order chi connectivity index (χ0) is 22.2. The molecule has 0 spiro atoms. The van der Waals surface area contributed by atoms with Crippen LogP contribution in [0.3, 0.4) is 0 Å². The van der Waals surface area contributed by atoms with Crippen LogP contribution >= 0.6 is 0 Å². The molecule has 1 aromatic carbocycles. The van der Waals surface area contributed by atoms with Crippen LogP contribution in [0.25, 0.3) is 11.0 Å². The molecule has 164 valence electrons. The molecule has 0 unspecified atom stereocenters. The van der Waals surface area contributed by atoms with Crippen LogP contribution in [0, 0.1) is 0 Å². The molecule has 0 bridgehead atoms. The number of ether oxygens (including phenoxy) is 1. The first kappa shape index (κ1) is 21.3. The minimum absolute atomic E-state index is 0.0673. The average molecular weight is 443 g/mol. The van der Waals surface area contributed by atoms with Gasteiger partial charge in [-0.3, -0.25) is 9.66 Å². The first-order valence-electron chi connectivity index (χ1n) is 10.2. The van der Waals surface area contributed by atoms with Gasteiger partial charge in [0.05, 0.1) is 10.5 Å². The Morgan fingerprint density at radius 3 is 2.42 bits per heavy atom. The zero-order valence-electron chi connectivity index (χ0n) is 17.8. The number of carbonyl (C=O) groups excluding carboxylic acids is 1. The van der Waals surface area contributed by atoms with Crippen LogP contribution in [0.5, 0.6) is 0 Å². The summed E-state index contributed by atoms with van der Waals surface area (Å²) in [6.07, 6.45) is 3.02. The van der Waals surface area contributed by atoms with Crippen molar-refractivity contribution in [1.82, 2.24) is 15.0 Å².